The Hall–Kier alpha value is -0.930. The lowest BCUT2D eigenvalue weighted by atomic mass is 9.66. The lowest BCUT2D eigenvalue weighted by molar-refractivity contribution is -0.177. The largest absolute Gasteiger partial charge is 0.385 e. The molecule has 1 aromatic carbocycles. The van der Waals surface area contributed by atoms with E-state index in [4.69, 9.17) is 4.74 Å². The lowest BCUT2D eigenvalue weighted by Gasteiger charge is -2.50. The van der Waals surface area contributed by atoms with Gasteiger partial charge in [-0.25, -0.2) is 4.39 Å². The molecule has 0 amide bonds. The first-order chi connectivity index (χ1) is 9.61. The van der Waals surface area contributed by atoms with Gasteiger partial charge in [0.15, 0.2) is 0 Å². The fourth-order valence-corrected chi connectivity index (χ4v) is 4.43. The molecule has 1 aromatic rings. The predicted molar refractivity (Wildman–Crippen MR) is 73.9 cm³/mol. The van der Waals surface area contributed by atoms with Crippen LogP contribution in [0, 0.1) is 11.7 Å². The van der Waals surface area contributed by atoms with E-state index in [-0.39, 0.29) is 17.3 Å². The molecule has 2 fully saturated rings. The summed E-state index contributed by atoms with van der Waals surface area (Å²) in [4.78, 5) is 0. The Bertz CT molecular complexity index is 538. The Labute approximate surface area is 119 Å². The molecule has 3 aliphatic rings. The van der Waals surface area contributed by atoms with Gasteiger partial charge < -0.3 is 9.84 Å². The fourth-order valence-electron chi connectivity index (χ4n) is 4.43. The number of rotatable bonds is 1. The number of ether oxygens (including phenoxy) is 1. The van der Waals surface area contributed by atoms with Crippen LogP contribution >= 0.6 is 0 Å². The fraction of sp³-hybridized carbons (Fsp3) is 0.647. The van der Waals surface area contributed by atoms with E-state index in [0.717, 1.165) is 56.3 Å². The number of halogens is 1. The molecule has 2 aliphatic carbocycles. The van der Waals surface area contributed by atoms with Crippen LogP contribution in [0.25, 0.3) is 0 Å². The minimum atomic E-state index is -0.768. The van der Waals surface area contributed by atoms with E-state index in [1.165, 1.54) is 12.5 Å². The average Bonchev–Trinajstić information content (AvgIpc) is 2.75. The summed E-state index contributed by atoms with van der Waals surface area (Å²) in [7, 11) is 0. The number of hydrogen-bond donors (Lipinski definition) is 1. The quantitative estimate of drug-likeness (QED) is 0.852. The summed E-state index contributed by atoms with van der Waals surface area (Å²) < 4.78 is 19.3. The molecule has 1 saturated carbocycles. The summed E-state index contributed by atoms with van der Waals surface area (Å²) in [5.74, 6) is 0.0544. The van der Waals surface area contributed by atoms with Crippen LogP contribution in [0.2, 0.25) is 0 Å². The summed E-state index contributed by atoms with van der Waals surface area (Å²) in [6.07, 6.45) is 6.90. The highest BCUT2D eigenvalue weighted by atomic mass is 19.1. The Morgan fingerprint density at radius 2 is 2.10 bits per heavy atom. The second kappa shape index (κ2) is 4.28. The van der Waals surface area contributed by atoms with Crippen molar-refractivity contribution < 1.29 is 14.2 Å². The number of fused-ring (bicyclic) bond motifs is 1. The van der Waals surface area contributed by atoms with Gasteiger partial charge in [0.05, 0.1) is 11.2 Å². The van der Waals surface area contributed by atoms with Crippen molar-refractivity contribution in [3.8, 4) is 0 Å². The third-order valence-electron chi connectivity index (χ3n) is 5.74. The number of benzene rings is 1. The highest BCUT2D eigenvalue weighted by Crippen LogP contribution is 2.52. The van der Waals surface area contributed by atoms with Gasteiger partial charge in [-0.2, -0.15) is 0 Å². The maximum absolute atomic E-state index is 13.3. The van der Waals surface area contributed by atoms with Crippen LogP contribution in [-0.4, -0.2) is 17.3 Å². The third-order valence-corrected chi connectivity index (χ3v) is 5.74. The first-order valence-electron chi connectivity index (χ1n) is 7.77. The van der Waals surface area contributed by atoms with Crippen LogP contribution in [0.15, 0.2) is 18.2 Å². The molecule has 108 valence electrons. The summed E-state index contributed by atoms with van der Waals surface area (Å²) in [6, 6.07) is 4.86. The van der Waals surface area contributed by atoms with Gasteiger partial charge in [0.25, 0.3) is 0 Å². The Morgan fingerprint density at radius 1 is 1.25 bits per heavy atom. The van der Waals surface area contributed by atoms with Crippen molar-refractivity contribution in [1.29, 1.82) is 0 Å². The van der Waals surface area contributed by atoms with Crippen molar-refractivity contribution in [2.24, 2.45) is 5.92 Å². The molecule has 1 heterocycles. The standard InChI is InChI=1S/C17H21FO2/c18-14-2-3-15-12(10-14)4-8-17(15,19)13-5-9-20-16(11-13)6-1-7-16/h2-3,10,13,19H,1,4-9,11H2. The van der Waals surface area contributed by atoms with E-state index in [1.54, 1.807) is 12.1 Å². The molecule has 1 spiro atoms. The van der Waals surface area contributed by atoms with Crippen LogP contribution in [0.1, 0.15) is 49.7 Å². The monoisotopic (exact) mass is 276 g/mol. The van der Waals surface area contributed by atoms with Crippen LogP contribution in [0.4, 0.5) is 4.39 Å². The molecule has 1 aliphatic heterocycles. The van der Waals surface area contributed by atoms with Gasteiger partial charge in [-0.1, -0.05) is 6.07 Å². The predicted octanol–water partition coefficient (Wildman–Crippen LogP) is 3.31. The number of hydrogen-bond acceptors (Lipinski definition) is 2. The summed E-state index contributed by atoms with van der Waals surface area (Å²) in [6.45, 7) is 0.753. The van der Waals surface area contributed by atoms with E-state index in [9.17, 15) is 9.50 Å². The van der Waals surface area contributed by atoms with Gasteiger partial charge in [0, 0.05) is 6.61 Å². The molecule has 3 heteroatoms. The van der Waals surface area contributed by atoms with Gasteiger partial charge in [-0.05, 0) is 74.1 Å². The molecule has 2 unspecified atom stereocenters. The maximum Gasteiger partial charge on any atom is 0.123 e. The second-order valence-electron chi connectivity index (χ2n) is 6.80. The topological polar surface area (TPSA) is 29.5 Å². The van der Waals surface area contributed by atoms with Gasteiger partial charge in [0.1, 0.15) is 5.82 Å². The smallest absolute Gasteiger partial charge is 0.123 e. The van der Waals surface area contributed by atoms with Crippen molar-refractivity contribution in [3.63, 3.8) is 0 Å². The Morgan fingerprint density at radius 3 is 2.85 bits per heavy atom. The van der Waals surface area contributed by atoms with E-state index < -0.39 is 5.60 Å². The molecule has 2 atom stereocenters. The summed E-state index contributed by atoms with van der Waals surface area (Å²) in [5.41, 5.74) is 1.22. The van der Waals surface area contributed by atoms with Crippen molar-refractivity contribution in [1.82, 2.24) is 0 Å². The molecule has 20 heavy (non-hydrogen) atoms. The molecule has 2 nitrogen and oxygen atoms in total. The molecule has 0 aromatic heterocycles. The first-order valence-corrected chi connectivity index (χ1v) is 7.77. The van der Waals surface area contributed by atoms with Crippen LogP contribution in [-0.2, 0) is 16.8 Å². The van der Waals surface area contributed by atoms with Crippen LogP contribution in [0.3, 0.4) is 0 Å². The van der Waals surface area contributed by atoms with Gasteiger partial charge in [-0.15, -0.1) is 0 Å². The first kappa shape index (κ1) is 12.8. The minimum absolute atomic E-state index is 0.0431. The van der Waals surface area contributed by atoms with Gasteiger partial charge in [0.2, 0.25) is 0 Å². The zero-order valence-electron chi connectivity index (χ0n) is 11.7. The van der Waals surface area contributed by atoms with Crippen molar-refractivity contribution in [2.75, 3.05) is 6.61 Å². The van der Waals surface area contributed by atoms with E-state index in [1.807, 2.05) is 0 Å². The molecule has 1 saturated heterocycles. The number of aliphatic hydroxyl groups is 1. The van der Waals surface area contributed by atoms with Crippen LogP contribution in [0.5, 0.6) is 0 Å². The Balaban J connectivity index is 1.65. The van der Waals surface area contributed by atoms with Crippen molar-refractivity contribution >= 4 is 0 Å². The summed E-state index contributed by atoms with van der Waals surface area (Å²) >= 11 is 0. The normalized spacial score (nSPS) is 34.8. The van der Waals surface area contributed by atoms with Crippen molar-refractivity contribution in [2.45, 2.75) is 56.1 Å². The molecule has 4 rings (SSSR count). The van der Waals surface area contributed by atoms with E-state index in [2.05, 4.69) is 0 Å². The van der Waals surface area contributed by atoms with Crippen molar-refractivity contribution in [3.05, 3.63) is 35.1 Å². The molecule has 1 N–H and O–H groups in total. The molecular formula is C17H21FO2. The molecule has 0 radical (unpaired) electrons. The second-order valence-corrected chi connectivity index (χ2v) is 6.80. The SMILES string of the molecule is OC1(C2CCOC3(CCC3)C2)CCc2cc(F)ccc21. The van der Waals surface area contributed by atoms with E-state index >= 15 is 0 Å². The Kier molecular flexibility index (Phi) is 2.74. The molecule has 0 bridgehead atoms. The lowest BCUT2D eigenvalue weighted by Crippen LogP contribution is -2.50. The third kappa shape index (κ3) is 1.76. The van der Waals surface area contributed by atoms with Gasteiger partial charge >= 0.3 is 0 Å². The average molecular weight is 276 g/mol. The highest BCUT2D eigenvalue weighted by Gasteiger charge is 2.51. The maximum atomic E-state index is 13.3. The zero-order chi connectivity index (χ0) is 13.8. The van der Waals surface area contributed by atoms with Gasteiger partial charge in [-0.3, -0.25) is 0 Å². The van der Waals surface area contributed by atoms with E-state index in [0.29, 0.717) is 0 Å². The zero-order valence-corrected chi connectivity index (χ0v) is 11.7. The molecular weight excluding hydrogens is 255 g/mol. The highest BCUT2D eigenvalue weighted by molar-refractivity contribution is 5.38. The summed E-state index contributed by atoms with van der Waals surface area (Å²) in [5, 5.41) is 11.2. The minimum Gasteiger partial charge on any atom is -0.385 e. The van der Waals surface area contributed by atoms with Crippen LogP contribution < -0.4 is 0 Å². The number of aryl methyl sites for hydroxylation is 1.